The molecular weight excluding hydrogens is 349 g/mol. The summed E-state index contributed by atoms with van der Waals surface area (Å²) in [5, 5.41) is 10.2. The number of halogens is 3. The Hall–Kier alpha value is -1.61. The second-order valence-corrected chi connectivity index (χ2v) is 6.58. The monoisotopic (exact) mass is 376 g/mol. The lowest BCUT2D eigenvalue weighted by Crippen LogP contribution is -2.46. The number of piperidine rings is 1. The predicted octanol–water partition coefficient (Wildman–Crippen LogP) is 2.20. The van der Waals surface area contributed by atoms with Crippen molar-refractivity contribution in [3.8, 4) is 0 Å². The van der Waals surface area contributed by atoms with Gasteiger partial charge in [-0.15, -0.1) is 0 Å². The summed E-state index contributed by atoms with van der Waals surface area (Å²) in [4.78, 5) is 20.2. The Balaban J connectivity index is 1.90. The molecule has 1 fully saturated rings. The fourth-order valence-corrected chi connectivity index (χ4v) is 3.55. The molecule has 0 saturated carbocycles. The predicted molar refractivity (Wildman–Crippen MR) is 90.4 cm³/mol. The topological polar surface area (TPSA) is 61.6 Å². The van der Waals surface area contributed by atoms with E-state index in [0.717, 1.165) is 36.7 Å². The van der Waals surface area contributed by atoms with E-state index < -0.39 is 18.8 Å². The van der Waals surface area contributed by atoms with Crippen molar-refractivity contribution >= 4 is 5.91 Å². The van der Waals surface area contributed by atoms with Gasteiger partial charge in [0.25, 0.3) is 0 Å². The van der Waals surface area contributed by atoms with E-state index >= 15 is 0 Å². The maximum atomic E-state index is 12.6. The minimum absolute atomic E-state index is 0.131. The molecule has 2 rings (SSSR count). The number of aliphatic hydroxyl groups is 1. The molecule has 0 unspecified atom stereocenters. The van der Waals surface area contributed by atoms with Gasteiger partial charge < -0.3 is 19.5 Å². The Morgan fingerprint density at radius 3 is 2.50 bits per heavy atom. The molecule has 0 radical (unpaired) electrons. The zero-order valence-electron chi connectivity index (χ0n) is 15.2. The van der Waals surface area contributed by atoms with Gasteiger partial charge in [0.05, 0.1) is 6.42 Å². The summed E-state index contributed by atoms with van der Waals surface area (Å²) in [6.07, 6.45) is -1.93. The summed E-state index contributed by atoms with van der Waals surface area (Å²) < 4.78 is 38.5. The van der Waals surface area contributed by atoms with E-state index in [1.807, 2.05) is 0 Å². The highest BCUT2D eigenvalue weighted by atomic mass is 19.4. The number of imidazole rings is 1. The molecule has 0 spiro atoms. The van der Waals surface area contributed by atoms with Gasteiger partial charge in [-0.3, -0.25) is 4.79 Å². The molecule has 6 nitrogen and oxygen atoms in total. The van der Waals surface area contributed by atoms with Crippen LogP contribution in [0.4, 0.5) is 13.2 Å². The van der Waals surface area contributed by atoms with Crippen LogP contribution in [-0.2, 0) is 11.3 Å². The van der Waals surface area contributed by atoms with Crippen LogP contribution in [0.15, 0.2) is 12.4 Å². The van der Waals surface area contributed by atoms with Crippen molar-refractivity contribution in [2.24, 2.45) is 0 Å². The molecule has 9 heteroatoms. The van der Waals surface area contributed by atoms with Gasteiger partial charge in [-0.1, -0.05) is 13.8 Å². The van der Waals surface area contributed by atoms with Gasteiger partial charge >= 0.3 is 6.18 Å². The SMILES string of the molecule is CCN(CC)C1CCN(C(=O)C[C@H](O)c2nccn2CC(F)(F)F)CC1. The fourth-order valence-electron chi connectivity index (χ4n) is 3.55. The number of carbonyl (C=O) groups excluding carboxylic acids is 1. The molecule has 0 aliphatic carbocycles. The molecule has 2 heterocycles. The summed E-state index contributed by atoms with van der Waals surface area (Å²) in [5.74, 6) is -0.384. The lowest BCUT2D eigenvalue weighted by molar-refractivity contribution is -0.141. The first-order valence-corrected chi connectivity index (χ1v) is 9.02. The maximum Gasteiger partial charge on any atom is 0.406 e. The molecule has 1 aliphatic rings. The highest BCUT2D eigenvalue weighted by Crippen LogP contribution is 2.23. The van der Waals surface area contributed by atoms with E-state index in [9.17, 15) is 23.1 Å². The van der Waals surface area contributed by atoms with Gasteiger partial charge in [-0.05, 0) is 25.9 Å². The zero-order chi connectivity index (χ0) is 19.3. The van der Waals surface area contributed by atoms with Gasteiger partial charge in [0, 0.05) is 31.5 Å². The Morgan fingerprint density at radius 2 is 1.96 bits per heavy atom. The molecule has 1 aromatic rings. The van der Waals surface area contributed by atoms with Gasteiger partial charge in [-0.25, -0.2) is 4.98 Å². The van der Waals surface area contributed by atoms with Crippen LogP contribution in [0, 0.1) is 0 Å². The molecule has 0 bridgehead atoms. The molecule has 1 atom stereocenters. The number of hydrogen-bond donors (Lipinski definition) is 1. The summed E-state index contributed by atoms with van der Waals surface area (Å²) >= 11 is 0. The second-order valence-electron chi connectivity index (χ2n) is 6.58. The largest absolute Gasteiger partial charge is 0.406 e. The highest BCUT2D eigenvalue weighted by Gasteiger charge is 2.31. The lowest BCUT2D eigenvalue weighted by Gasteiger charge is -2.38. The van der Waals surface area contributed by atoms with Crippen molar-refractivity contribution in [3.05, 3.63) is 18.2 Å². The minimum Gasteiger partial charge on any atom is -0.385 e. The highest BCUT2D eigenvalue weighted by molar-refractivity contribution is 5.76. The van der Waals surface area contributed by atoms with Crippen molar-refractivity contribution in [3.63, 3.8) is 0 Å². The van der Waals surface area contributed by atoms with Crippen LogP contribution >= 0.6 is 0 Å². The Labute approximate surface area is 151 Å². The Kier molecular flexibility index (Phi) is 7.05. The fraction of sp³-hybridized carbons (Fsp3) is 0.765. The maximum absolute atomic E-state index is 12.6. The second kappa shape index (κ2) is 8.85. The van der Waals surface area contributed by atoms with Gasteiger partial charge in [-0.2, -0.15) is 13.2 Å². The molecule has 1 saturated heterocycles. The summed E-state index contributed by atoms with van der Waals surface area (Å²) in [5.41, 5.74) is 0. The van der Waals surface area contributed by atoms with Gasteiger partial charge in [0.1, 0.15) is 18.5 Å². The number of carbonyl (C=O) groups is 1. The number of nitrogens with zero attached hydrogens (tertiary/aromatic N) is 4. The third-order valence-electron chi connectivity index (χ3n) is 4.91. The van der Waals surface area contributed by atoms with Gasteiger partial charge in [0.2, 0.25) is 5.91 Å². The standard InChI is InChI=1S/C17H27F3N4O2/c1-3-22(4-2)13-5-8-23(9-6-13)15(26)11-14(25)16-21-7-10-24(16)12-17(18,19)20/h7,10,13-14,25H,3-6,8-9,11-12H2,1-2H3/t14-/m0/s1. The summed E-state index contributed by atoms with van der Waals surface area (Å²) in [7, 11) is 0. The van der Waals surface area contributed by atoms with E-state index in [1.165, 1.54) is 6.20 Å². The zero-order valence-corrected chi connectivity index (χ0v) is 15.2. The number of hydrogen-bond acceptors (Lipinski definition) is 4. The Morgan fingerprint density at radius 1 is 1.35 bits per heavy atom. The van der Waals surface area contributed by atoms with Crippen molar-refractivity contribution < 1.29 is 23.1 Å². The number of amides is 1. The van der Waals surface area contributed by atoms with E-state index in [2.05, 4.69) is 23.7 Å². The van der Waals surface area contributed by atoms with Crippen LogP contribution in [0.3, 0.4) is 0 Å². The summed E-state index contributed by atoms with van der Waals surface area (Å²) in [6.45, 7) is 6.13. The lowest BCUT2D eigenvalue weighted by atomic mass is 10.0. The van der Waals surface area contributed by atoms with Crippen LogP contribution in [-0.4, -0.2) is 68.8 Å². The summed E-state index contributed by atoms with van der Waals surface area (Å²) in [6, 6.07) is 0.449. The molecule has 148 valence electrons. The van der Waals surface area contributed by atoms with Crippen LogP contribution in [0.2, 0.25) is 0 Å². The quantitative estimate of drug-likeness (QED) is 0.793. The average Bonchev–Trinajstić information content (AvgIpc) is 3.02. The van der Waals surface area contributed by atoms with Crippen molar-refractivity contribution in [1.82, 2.24) is 19.4 Å². The molecular formula is C17H27F3N4O2. The number of alkyl halides is 3. The number of rotatable bonds is 7. The minimum atomic E-state index is -4.41. The number of aliphatic hydroxyl groups excluding tert-OH is 1. The first-order chi connectivity index (χ1) is 12.2. The van der Waals surface area contributed by atoms with E-state index in [1.54, 1.807) is 4.90 Å². The van der Waals surface area contributed by atoms with Crippen LogP contribution in [0.1, 0.15) is 45.0 Å². The third-order valence-corrected chi connectivity index (χ3v) is 4.91. The third kappa shape index (κ3) is 5.44. The van der Waals surface area contributed by atoms with Crippen LogP contribution in [0.25, 0.3) is 0 Å². The molecule has 0 aromatic carbocycles. The number of likely N-dealkylation sites (tertiary alicyclic amines) is 1. The normalized spacial score (nSPS) is 17.7. The molecule has 1 aliphatic heterocycles. The number of aromatic nitrogens is 2. The van der Waals surface area contributed by atoms with E-state index in [-0.39, 0.29) is 18.2 Å². The van der Waals surface area contributed by atoms with Gasteiger partial charge in [0.15, 0.2) is 0 Å². The Bertz CT molecular complexity index is 579. The van der Waals surface area contributed by atoms with Crippen molar-refractivity contribution in [1.29, 1.82) is 0 Å². The average molecular weight is 376 g/mol. The van der Waals surface area contributed by atoms with Crippen molar-refractivity contribution in [2.45, 2.75) is 58.0 Å². The van der Waals surface area contributed by atoms with Crippen LogP contribution in [0.5, 0.6) is 0 Å². The van der Waals surface area contributed by atoms with E-state index in [0.29, 0.717) is 19.1 Å². The van der Waals surface area contributed by atoms with Crippen LogP contribution < -0.4 is 0 Å². The smallest absolute Gasteiger partial charge is 0.385 e. The first-order valence-electron chi connectivity index (χ1n) is 9.02. The van der Waals surface area contributed by atoms with E-state index in [4.69, 9.17) is 0 Å². The molecule has 26 heavy (non-hydrogen) atoms. The van der Waals surface area contributed by atoms with Crippen molar-refractivity contribution in [2.75, 3.05) is 26.2 Å². The molecule has 1 aromatic heterocycles. The molecule has 1 N–H and O–H groups in total. The first kappa shape index (κ1) is 20.7. The molecule has 1 amide bonds.